The number of pyridine rings is 2. The molecule has 1 aliphatic rings. The van der Waals surface area contributed by atoms with E-state index in [9.17, 15) is 14.4 Å². The van der Waals surface area contributed by atoms with Crippen LogP contribution in [-0.4, -0.2) is 35.3 Å². The minimum atomic E-state index is -0.963. The van der Waals surface area contributed by atoms with Crippen molar-refractivity contribution < 1.29 is 28.4 Å². The number of methoxy groups -OCH3 is 2. The highest BCUT2D eigenvalue weighted by atomic mass is 19.1. The van der Waals surface area contributed by atoms with Gasteiger partial charge in [-0.1, -0.05) is 6.07 Å². The van der Waals surface area contributed by atoms with Crippen LogP contribution in [0.25, 0.3) is 0 Å². The molecular weight excluding hydrogens is 389 g/mol. The maximum absolute atomic E-state index is 13.3. The Morgan fingerprint density at radius 2 is 1.87 bits per heavy atom. The predicted molar refractivity (Wildman–Crippen MR) is 104 cm³/mol. The van der Waals surface area contributed by atoms with Gasteiger partial charge in [0.25, 0.3) is 11.5 Å². The van der Waals surface area contributed by atoms with E-state index in [-0.39, 0.29) is 5.78 Å². The summed E-state index contributed by atoms with van der Waals surface area (Å²) in [5, 5.41) is 12.2. The van der Waals surface area contributed by atoms with Crippen LogP contribution in [0.15, 0.2) is 60.9 Å². The third-order valence-electron chi connectivity index (χ3n) is 5.18. The molecule has 2 atom stereocenters. The molecule has 7 nitrogen and oxygen atoms in total. The minimum Gasteiger partial charge on any atom is -0.497 e. The topological polar surface area (TPSA) is 75.8 Å². The van der Waals surface area contributed by atoms with Gasteiger partial charge in [0, 0.05) is 24.4 Å². The zero-order valence-electron chi connectivity index (χ0n) is 16.5. The summed E-state index contributed by atoms with van der Waals surface area (Å²) < 4.78 is 25.6. The first-order chi connectivity index (χ1) is 14.5. The number of hydrogen-bond acceptors (Lipinski definition) is 6. The molecule has 0 spiro atoms. The van der Waals surface area contributed by atoms with Crippen molar-refractivity contribution in [3.8, 4) is 11.5 Å². The standard InChI is InChI=1S/C22H21FN3O4/c1-29-16-10-15(11-17(12-16)30-2)21-22(27)18-5-3-4-8-25(18)20(26(21)28)9-14-6-7-19(23)24-13-14/h3-8,10-13,20-21,28H,9H2,1-2H3/q+1. The normalized spacial score (nSPS) is 18.7. The second-order valence-corrected chi connectivity index (χ2v) is 6.96. The molecule has 0 fully saturated rings. The Morgan fingerprint density at radius 1 is 1.13 bits per heavy atom. The van der Waals surface area contributed by atoms with Crippen LogP contribution in [-0.2, 0) is 6.42 Å². The number of ether oxygens (including phenoxy) is 2. The Bertz CT molecular complexity index is 1050. The molecule has 0 radical (unpaired) electrons. The monoisotopic (exact) mass is 410 g/mol. The van der Waals surface area contributed by atoms with Crippen molar-refractivity contribution in [2.75, 3.05) is 14.2 Å². The number of ketones is 1. The minimum absolute atomic E-state index is 0.262. The number of hydroxylamine groups is 2. The zero-order chi connectivity index (χ0) is 21.3. The first-order valence-corrected chi connectivity index (χ1v) is 9.37. The van der Waals surface area contributed by atoms with E-state index in [0.29, 0.717) is 29.2 Å². The van der Waals surface area contributed by atoms with E-state index in [1.165, 1.54) is 26.5 Å². The van der Waals surface area contributed by atoms with Gasteiger partial charge in [0.2, 0.25) is 12.1 Å². The average Bonchev–Trinajstić information content (AvgIpc) is 2.77. The van der Waals surface area contributed by atoms with E-state index >= 15 is 0 Å². The van der Waals surface area contributed by atoms with Crippen molar-refractivity contribution >= 4 is 5.78 Å². The number of nitrogens with zero attached hydrogens (tertiary/aromatic N) is 3. The third-order valence-corrected chi connectivity index (χ3v) is 5.18. The Labute approximate surface area is 172 Å². The molecule has 4 rings (SSSR count). The quantitative estimate of drug-likeness (QED) is 0.515. The number of carbonyl (C=O) groups excluding carboxylic acids is 1. The lowest BCUT2D eigenvalue weighted by atomic mass is 9.95. The molecule has 30 heavy (non-hydrogen) atoms. The van der Waals surface area contributed by atoms with Crippen molar-refractivity contribution in [1.29, 1.82) is 0 Å². The number of hydrogen-bond donors (Lipinski definition) is 1. The Balaban J connectivity index is 1.79. The van der Waals surface area contributed by atoms with E-state index in [2.05, 4.69) is 4.98 Å². The van der Waals surface area contributed by atoms with Crippen molar-refractivity contribution in [2.45, 2.75) is 18.6 Å². The summed E-state index contributed by atoms with van der Waals surface area (Å²) in [5.74, 6) is 0.183. The molecule has 1 aliphatic heterocycles. The molecule has 8 heteroatoms. The summed E-state index contributed by atoms with van der Waals surface area (Å²) in [6.07, 6.45) is 2.87. The maximum atomic E-state index is 13.3. The molecule has 3 heterocycles. The number of halogens is 1. The third kappa shape index (κ3) is 3.62. The molecule has 2 unspecified atom stereocenters. The van der Waals surface area contributed by atoms with Crippen molar-refractivity contribution in [3.05, 3.63) is 83.7 Å². The number of fused-ring (bicyclic) bond motifs is 1. The van der Waals surface area contributed by atoms with Gasteiger partial charge >= 0.3 is 0 Å². The number of benzene rings is 1. The Morgan fingerprint density at radius 3 is 2.50 bits per heavy atom. The van der Waals surface area contributed by atoms with Gasteiger partial charge in [-0.15, -0.1) is 5.06 Å². The number of carbonyl (C=O) groups is 1. The molecule has 1 aromatic carbocycles. The van der Waals surface area contributed by atoms with Crippen molar-refractivity contribution in [1.82, 2.24) is 10.0 Å². The summed E-state index contributed by atoms with van der Waals surface area (Å²) in [7, 11) is 3.04. The zero-order valence-corrected chi connectivity index (χ0v) is 16.5. The van der Waals surface area contributed by atoms with Crippen LogP contribution >= 0.6 is 0 Å². The van der Waals surface area contributed by atoms with Gasteiger partial charge in [0.15, 0.2) is 6.20 Å². The van der Waals surface area contributed by atoms with Gasteiger partial charge in [-0.05, 0) is 35.4 Å². The van der Waals surface area contributed by atoms with Crippen LogP contribution in [0.5, 0.6) is 11.5 Å². The van der Waals surface area contributed by atoms with E-state index in [1.807, 2.05) is 0 Å². The second kappa shape index (κ2) is 8.17. The van der Waals surface area contributed by atoms with Gasteiger partial charge < -0.3 is 14.7 Å². The maximum Gasteiger partial charge on any atom is 0.252 e. The fraction of sp³-hybridized carbons (Fsp3) is 0.227. The average molecular weight is 410 g/mol. The van der Waals surface area contributed by atoms with Crippen molar-refractivity contribution in [2.24, 2.45) is 0 Å². The predicted octanol–water partition coefficient (Wildman–Crippen LogP) is 2.90. The summed E-state index contributed by atoms with van der Waals surface area (Å²) in [4.78, 5) is 17.0. The molecule has 2 aromatic heterocycles. The smallest absolute Gasteiger partial charge is 0.252 e. The SMILES string of the molecule is COc1cc(OC)cc(C2C(=O)c3cccc[n+]3C(Cc3ccc(F)nc3)N2O)c1. The van der Waals surface area contributed by atoms with E-state index < -0.39 is 18.2 Å². The lowest BCUT2D eigenvalue weighted by Crippen LogP contribution is -2.59. The summed E-state index contributed by atoms with van der Waals surface area (Å²) in [5.41, 5.74) is 1.71. The van der Waals surface area contributed by atoms with E-state index in [0.717, 1.165) is 10.6 Å². The van der Waals surface area contributed by atoms with Crippen LogP contribution in [0.2, 0.25) is 0 Å². The highest BCUT2D eigenvalue weighted by molar-refractivity contribution is 5.98. The molecule has 0 saturated carbocycles. The lowest BCUT2D eigenvalue weighted by Gasteiger charge is -2.33. The molecule has 154 valence electrons. The Hall–Kier alpha value is -3.36. The molecule has 3 aromatic rings. The van der Waals surface area contributed by atoms with Gasteiger partial charge in [0.05, 0.1) is 20.6 Å². The highest BCUT2D eigenvalue weighted by Crippen LogP contribution is 2.35. The summed E-state index contributed by atoms with van der Waals surface area (Å²) in [6.45, 7) is 0. The van der Waals surface area contributed by atoms with Crippen LogP contribution in [0.4, 0.5) is 4.39 Å². The van der Waals surface area contributed by atoms with Crippen LogP contribution in [0.1, 0.15) is 33.8 Å². The number of Topliss-reactive ketones (excluding diaryl/α,β-unsaturated/α-hetero) is 1. The highest BCUT2D eigenvalue weighted by Gasteiger charge is 2.46. The number of rotatable bonds is 5. The molecule has 0 saturated heterocycles. The molecular formula is C22H21FN3O4+. The fourth-order valence-electron chi connectivity index (χ4n) is 3.71. The summed E-state index contributed by atoms with van der Waals surface area (Å²) in [6, 6.07) is 12.3. The van der Waals surface area contributed by atoms with Crippen LogP contribution in [0, 0.1) is 5.95 Å². The molecule has 1 N–H and O–H groups in total. The van der Waals surface area contributed by atoms with Gasteiger partial charge in [0.1, 0.15) is 17.5 Å². The van der Waals surface area contributed by atoms with Crippen LogP contribution in [0.3, 0.4) is 0 Å². The van der Waals surface area contributed by atoms with Gasteiger partial charge in [-0.25, -0.2) is 4.98 Å². The van der Waals surface area contributed by atoms with Crippen molar-refractivity contribution in [3.63, 3.8) is 0 Å². The Kier molecular flexibility index (Phi) is 5.43. The first-order valence-electron chi connectivity index (χ1n) is 9.37. The fourth-order valence-corrected chi connectivity index (χ4v) is 3.71. The van der Waals surface area contributed by atoms with Gasteiger partial charge in [-0.3, -0.25) is 4.79 Å². The van der Waals surface area contributed by atoms with E-state index in [1.54, 1.807) is 53.2 Å². The largest absolute Gasteiger partial charge is 0.497 e. The van der Waals surface area contributed by atoms with Crippen LogP contribution < -0.4 is 14.0 Å². The molecule has 0 bridgehead atoms. The van der Waals surface area contributed by atoms with E-state index in [4.69, 9.17) is 9.47 Å². The summed E-state index contributed by atoms with van der Waals surface area (Å²) >= 11 is 0. The molecule has 0 aliphatic carbocycles. The van der Waals surface area contributed by atoms with Gasteiger partial charge in [-0.2, -0.15) is 8.96 Å². The molecule has 0 amide bonds. The number of aromatic nitrogens is 2. The second-order valence-electron chi connectivity index (χ2n) is 6.96. The first kappa shape index (κ1) is 19.9. The lowest BCUT2D eigenvalue weighted by molar-refractivity contribution is -0.764.